The second-order valence-corrected chi connectivity index (χ2v) is 6.38. The SMILES string of the molecule is CCOc1cc(Cc2cc3cc(Br)ccc3nc2OC)cc(OC)n1. The summed E-state index contributed by atoms with van der Waals surface area (Å²) in [5.74, 6) is 1.69. The molecular weight excluding hydrogens is 384 g/mol. The zero-order chi connectivity index (χ0) is 17.8. The van der Waals surface area contributed by atoms with Gasteiger partial charge in [-0.2, -0.15) is 4.98 Å². The molecule has 3 rings (SSSR count). The van der Waals surface area contributed by atoms with Gasteiger partial charge in [0.05, 0.1) is 26.3 Å². The van der Waals surface area contributed by atoms with E-state index in [4.69, 9.17) is 14.2 Å². The van der Waals surface area contributed by atoms with Crippen LogP contribution >= 0.6 is 15.9 Å². The number of rotatable bonds is 6. The maximum absolute atomic E-state index is 5.53. The van der Waals surface area contributed by atoms with E-state index in [9.17, 15) is 0 Å². The Hall–Kier alpha value is -2.34. The van der Waals surface area contributed by atoms with E-state index < -0.39 is 0 Å². The van der Waals surface area contributed by atoms with Gasteiger partial charge in [0.25, 0.3) is 0 Å². The van der Waals surface area contributed by atoms with Crippen molar-refractivity contribution in [1.29, 1.82) is 0 Å². The number of benzene rings is 1. The first-order valence-corrected chi connectivity index (χ1v) is 8.73. The zero-order valence-corrected chi connectivity index (χ0v) is 16.0. The summed E-state index contributed by atoms with van der Waals surface area (Å²) < 4.78 is 17.3. The van der Waals surface area contributed by atoms with Crippen molar-refractivity contribution in [3.8, 4) is 17.6 Å². The number of fused-ring (bicyclic) bond motifs is 1. The predicted octanol–water partition coefficient (Wildman–Crippen LogP) is 4.40. The van der Waals surface area contributed by atoms with Gasteiger partial charge < -0.3 is 14.2 Å². The summed E-state index contributed by atoms with van der Waals surface area (Å²) in [5.41, 5.74) is 2.90. The first-order valence-electron chi connectivity index (χ1n) is 7.94. The first-order chi connectivity index (χ1) is 12.1. The van der Waals surface area contributed by atoms with Crippen LogP contribution in [0.2, 0.25) is 0 Å². The van der Waals surface area contributed by atoms with Gasteiger partial charge in [0.2, 0.25) is 17.6 Å². The number of aromatic nitrogens is 2. The molecule has 0 unspecified atom stereocenters. The Morgan fingerprint density at radius 3 is 2.48 bits per heavy atom. The lowest BCUT2D eigenvalue weighted by molar-refractivity contribution is 0.315. The third-order valence-corrected chi connectivity index (χ3v) is 4.24. The molecule has 2 aromatic heterocycles. The minimum atomic E-state index is 0.524. The summed E-state index contributed by atoms with van der Waals surface area (Å²) in [6.07, 6.45) is 0.636. The van der Waals surface area contributed by atoms with E-state index in [0.29, 0.717) is 30.7 Å². The number of nitrogens with zero attached hydrogens (tertiary/aromatic N) is 2. The molecule has 0 spiro atoms. The molecule has 130 valence electrons. The van der Waals surface area contributed by atoms with E-state index in [2.05, 4.69) is 32.0 Å². The molecular formula is C19H19BrN2O3. The van der Waals surface area contributed by atoms with E-state index in [1.807, 2.05) is 37.3 Å². The van der Waals surface area contributed by atoms with Crippen LogP contribution in [0.3, 0.4) is 0 Å². The summed E-state index contributed by atoms with van der Waals surface area (Å²) >= 11 is 3.50. The van der Waals surface area contributed by atoms with E-state index >= 15 is 0 Å². The summed E-state index contributed by atoms with van der Waals surface area (Å²) in [6, 6.07) is 11.9. The first kappa shape index (κ1) is 17.5. The third-order valence-electron chi connectivity index (χ3n) is 3.74. The fourth-order valence-electron chi connectivity index (χ4n) is 2.66. The summed E-state index contributed by atoms with van der Waals surface area (Å²) in [7, 11) is 3.23. The molecule has 0 amide bonds. The number of hydrogen-bond acceptors (Lipinski definition) is 5. The monoisotopic (exact) mass is 402 g/mol. The van der Waals surface area contributed by atoms with E-state index in [-0.39, 0.29) is 0 Å². The van der Waals surface area contributed by atoms with Gasteiger partial charge in [-0.3, -0.25) is 0 Å². The Kier molecular flexibility index (Phi) is 5.38. The van der Waals surface area contributed by atoms with Gasteiger partial charge in [-0.15, -0.1) is 0 Å². The normalized spacial score (nSPS) is 10.7. The highest BCUT2D eigenvalue weighted by Crippen LogP contribution is 2.28. The molecule has 5 nitrogen and oxygen atoms in total. The molecule has 0 N–H and O–H groups in total. The third kappa shape index (κ3) is 4.02. The topological polar surface area (TPSA) is 53.5 Å². The van der Waals surface area contributed by atoms with E-state index in [0.717, 1.165) is 26.5 Å². The molecule has 0 aliphatic carbocycles. The van der Waals surface area contributed by atoms with Crippen molar-refractivity contribution in [3.63, 3.8) is 0 Å². The maximum atomic E-state index is 5.53. The van der Waals surface area contributed by atoms with Crippen LogP contribution in [0.25, 0.3) is 10.9 Å². The minimum absolute atomic E-state index is 0.524. The Balaban J connectivity index is 2.03. The van der Waals surface area contributed by atoms with Crippen molar-refractivity contribution in [3.05, 3.63) is 52.0 Å². The number of hydrogen-bond donors (Lipinski definition) is 0. The van der Waals surface area contributed by atoms with E-state index in [1.165, 1.54) is 0 Å². The predicted molar refractivity (Wildman–Crippen MR) is 101 cm³/mol. The Bertz CT molecular complexity index is 899. The fraction of sp³-hybridized carbons (Fsp3) is 0.263. The van der Waals surface area contributed by atoms with Crippen molar-refractivity contribution < 1.29 is 14.2 Å². The molecule has 1 aromatic carbocycles. The molecule has 0 fully saturated rings. The molecule has 0 bridgehead atoms. The van der Waals surface area contributed by atoms with Gasteiger partial charge >= 0.3 is 0 Å². The molecule has 3 aromatic rings. The average Bonchev–Trinajstić information content (AvgIpc) is 2.61. The van der Waals surface area contributed by atoms with Crippen molar-refractivity contribution in [2.75, 3.05) is 20.8 Å². The van der Waals surface area contributed by atoms with Crippen LogP contribution in [0, 0.1) is 0 Å². The number of ether oxygens (including phenoxy) is 3. The van der Waals surface area contributed by atoms with Crippen LogP contribution in [0.1, 0.15) is 18.1 Å². The molecule has 0 aliphatic heterocycles. The van der Waals surface area contributed by atoms with Crippen LogP contribution in [0.5, 0.6) is 17.6 Å². The Morgan fingerprint density at radius 2 is 1.76 bits per heavy atom. The van der Waals surface area contributed by atoms with Crippen LogP contribution in [0.15, 0.2) is 40.9 Å². The summed E-state index contributed by atoms with van der Waals surface area (Å²) in [5, 5.41) is 1.05. The van der Waals surface area contributed by atoms with Crippen molar-refractivity contribution in [2.45, 2.75) is 13.3 Å². The molecule has 6 heteroatoms. The molecule has 25 heavy (non-hydrogen) atoms. The second-order valence-electron chi connectivity index (χ2n) is 5.46. The summed E-state index contributed by atoms with van der Waals surface area (Å²) in [4.78, 5) is 8.90. The lowest BCUT2D eigenvalue weighted by Crippen LogP contribution is -2.01. The van der Waals surface area contributed by atoms with Gasteiger partial charge in [0.15, 0.2) is 0 Å². The molecule has 0 atom stereocenters. The smallest absolute Gasteiger partial charge is 0.217 e. The average molecular weight is 403 g/mol. The number of pyridine rings is 2. The number of halogens is 1. The van der Waals surface area contributed by atoms with E-state index in [1.54, 1.807) is 14.2 Å². The Labute approximate surface area is 155 Å². The lowest BCUT2D eigenvalue weighted by atomic mass is 10.0. The standard InChI is InChI=1S/C19H19BrN2O3/c1-4-25-18-9-12(8-17(22-18)23-2)7-14-10-13-11-15(20)5-6-16(13)21-19(14)24-3/h5-6,8-11H,4,7H2,1-3H3. The van der Waals surface area contributed by atoms with Gasteiger partial charge in [0.1, 0.15) is 0 Å². The summed E-state index contributed by atoms with van der Waals surface area (Å²) in [6.45, 7) is 2.48. The minimum Gasteiger partial charge on any atom is -0.481 e. The maximum Gasteiger partial charge on any atom is 0.217 e. The molecule has 0 aliphatic rings. The highest BCUT2D eigenvalue weighted by molar-refractivity contribution is 9.10. The van der Waals surface area contributed by atoms with Gasteiger partial charge in [-0.25, -0.2) is 4.98 Å². The van der Waals surface area contributed by atoms with Crippen LogP contribution in [-0.4, -0.2) is 30.8 Å². The molecule has 0 radical (unpaired) electrons. The quantitative estimate of drug-likeness (QED) is 0.611. The fourth-order valence-corrected chi connectivity index (χ4v) is 3.04. The lowest BCUT2D eigenvalue weighted by Gasteiger charge is -2.12. The van der Waals surface area contributed by atoms with Crippen LogP contribution < -0.4 is 14.2 Å². The van der Waals surface area contributed by atoms with Crippen LogP contribution in [-0.2, 0) is 6.42 Å². The van der Waals surface area contributed by atoms with Crippen molar-refractivity contribution >= 4 is 26.8 Å². The molecule has 0 saturated heterocycles. The molecule has 2 heterocycles. The van der Waals surface area contributed by atoms with Gasteiger partial charge in [-0.05, 0) is 36.8 Å². The van der Waals surface area contributed by atoms with Crippen molar-refractivity contribution in [1.82, 2.24) is 9.97 Å². The highest BCUT2D eigenvalue weighted by atomic mass is 79.9. The van der Waals surface area contributed by atoms with Gasteiger partial charge in [-0.1, -0.05) is 15.9 Å². The second kappa shape index (κ2) is 7.70. The molecule has 0 saturated carbocycles. The van der Waals surface area contributed by atoms with Gasteiger partial charge in [0, 0.05) is 34.0 Å². The highest BCUT2D eigenvalue weighted by Gasteiger charge is 2.11. The Morgan fingerprint density at radius 1 is 0.960 bits per heavy atom. The zero-order valence-electron chi connectivity index (χ0n) is 14.4. The van der Waals surface area contributed by atoms with Crippen molar-refractivity contribution in [2.24, 2.45) is 0 Å². The largest absolute Gasteiger partial charge is 0.481 e. The number of methoxy groups -OCH3 is 2. The van der Waals surface area contributed by atoms with Crippen LogP contribution in [0.4, 0.5) is 0 Å².